The molecule has 0 unspecified atom stereocenters. The van der Waals surface area contributed by atoms with Crippen molar-refractivity contribution >= 4 is 17.2 Å². The molecule has 1 aromatic carbocycles. The van der Waals surface area contributed by atoms with Crippen molar-refractivity contribution in [2.75, 3.05) is 38.1 Å². The van der Waals surface area contributed by atoms with E-state index in [9.17, 15) is 0 Å². The van der Waals surface area contributed by atoms with Crippen LogP contribution >= 0.6 is 0 Å². The van der Waals surface area contributed by atoms with Crippen molar-refractivity contribution in [3.8, 4) is 11.5 Å². The SMILES string of the molecule is COc1ccc(CNc2nccc(NC3CCC4(CC3)OCCO4)c2C(C)=N)c(OC)c1. The van der Waals surface area contributed by atoms with E-state index in [0.717, 1.165) is 54.0 Å². The minimum Gasteiger partial charge on any atom is -0.497 e. The molecular formula is C24H32N4O4. The van der Waals surface area contributed by atoms with Crippen molar-refractivity contribution in [2.24, 2.45) is 0 Å². The first-order valence-electron chi connectivity index (χ1n) is 11.1. The number of hydrogen-bond acceptors (Lipinski definition) is 8. The highest BCUT2D eigenvalue weighted by Crippen LogP contribution is 2.37. The van der Waals surface area contributed by atoms with Crippen molar-refractivity contribution in [2.45, 2.75) is 51.0 Å². The van der Waals surface area contributed by atoms with Gasteiger partial charge in [0.2, 0.25) is 0 Å². The zero-order valence-electron chi connectivity index (χ0n) is 19.0. The van der Waals surface area contributed by atoms with Gasteiger partial charge in [-0.3, -0.25) is 0 Å². The van der Waals surface area contributed by atoms with Crippen LogP contribution in [0.3, 0.4) is 0 Å². The van der Waals surface area contributed by atoms with Gasteiger partial charge in [-0.05, 0) is 38.0 Å². The summed E-state index contributed by atoms with van der Waals surface area (Å²) in [4.78, 5) is 4.52. The fraction of sp³-hybridized carbons (Fsp3) is 0.500. The summed E-state index contributed by atoms with van der Waals surface area (Å²) < 4.78 is 22.5. The number of nitrogens with zero attached hydrogens (tertiary/aromatic N) is 1. The molecule has 1 aliphatic heterocycles. The molecule has 1 aromatic heterocycles. The molecule has 2 fully saturated rings. The molecule has 0 bridgehead atoms. The van der Waals surface area contributed by atoms with Crippen LogP contribution < -0.4 is 20.1 Å². The lowest BCUT2D eigenvalue weighted by Crippen LogP contribution is -2.39. The van der Waals surface area contributed by atoms with E-state index in [1.54, 1.807) is 27.3 Å². The number of rotatable bonds is 8. The first-order valence-corrected chi connectivity index (χ1v) is 11.1. The fourth-order valence-electron chi connectivity index (χ4n) is 4.48. The smallest absolute Gasteiger partial charge is 0.168 e. The lowest BCUT2D eigenvalue weighted by Gasteiger charge is -2.36. The second kappa shape index (κ2) is 9.75. The summed E-state index contributed by atoms with van der Waals surface area (Å²) in [6.07, 6.45) is 5.47. The molecule has 0 amide bonds. The van der Waals surface area contributed by atoms with Gasteiger partial charge in [0, 0.05) is 54.7 Å². The Morgan fingerprint density at radius 1 is 1.16 bits per heavy atom. The molecular weight excluding hydrogens is 408 g/mol. The Bertz CT molecular complexity index is 949. The van der Waals surface area contributed by atoms with E-state index in [1.807, 2.05) is 24.3 Å². The highest BCUT2D eigenvalue weighted by atomic mass is 16.7. The van der Waals surface area contributed by atoms with Crippen LogP contribution in [0.2, 0.25) is 0 Å². The van der Waals surface area contributed by atoms with Gasteiger partial charge in [0.25, 0.3) is 0 Å². The van der Waals surface area contributed by atoms with E-state index >= 15 is 0 Å². The highest BCUT2D eigenvalue weighted by molar-refractivity contribution is 6.05. The standard InChI is InChI=1S/C24H32N4O4/c1-16(25)22-20(28-18-6-9-24(10-7-18)31-12-13-32-24)8-11-26-23(22)27-15-17-4-5-19(29-2)14-21(17)30-3/h4-5,8,11,14,18,25H,6-7,9-10,12-13,15H2,1-3H3,(H2,26,27,28). The second-order valence-electron chi connectivity index (χ2n) is 8.26. The molecule has 8 nitrogen and oxygen atoms in total. The molecule has 2 aliphatic rings. The predicted octanol–water partition coefficient (Wildman–Crippen LogP) is 4.20. The summed E-state index contributed by atoms with van der Waals surface area (Å²) in [6, 6.07) is 7.98. The van der Waals surface area contributed by atoms with Gasteiger partial charge in [-0.25, -0.2) is 4.98 Å². The van der Waals surface area contributed by atoms with Gasteiger partial charge in [-0.15, -0.1) is 0 Å². The summed E-state index contributed by atoms with van der Waals surface area (Å²) in [5.74, 6) is 1.79. The van der Waals surface area contributed by atoms with Crippen molar-refractivity contribution < 1.29 is 18.9 Å². The van der Waals surface area contributed by atoms with Gasteiger partial charge in [0.05, 0.1) is 33.0 Å². The van der Waals surface area contributed by atoms with E-state index in [-0.39, 0.29) is 5.79 Å². The molecule has 1 saturated carbocycles. The summed E-state index contributed by atoms with van der Waals surface area (Å²) >= 11 is 0. The average Bonchev–Trinajstić information content (AvgIpc) is 3.27. The third kappa shape index (κ3) is 4.81. The third-order valence-electron chi connectivity index (χ3n) is 6.19. The molecule has 1 spiro atoms. The molecule has 2 heterocycles. The molecule has 3 N–H and O–H groups in total. The largest absolute Gasteiger partial charge is 0.497 e. The van der Waals surface area contributed by atoms with Gasteiger partial charge < -0.3 is 35.0 Å². The maximum Gasteiger partial charge on any atom is 0.168 e. The molecule has 4 rings (SSSR count). The van der Waals surface area contributed by atoms with Gasteiger partial charge in [0.1, 0.15) is 17.3 Å². The zero-order chi connectivity index (χ0) is 22.6. The highest BCUT2D eigenvalue weighted by Gasteiger charge is 2.40. The number of methoxy groups -OCH3 is 2. The van der Waals surface area contributed by atoms with Crippen LogP contribution in [0.1, 0.15) is 43.7 Å². The van der Waals surface area contributed by atoms with Crippen molar-refractivity contribution in [3.05, 3.63) is 41.6 Å². The Labute approximate surface area is 189 Å². The van der Waals surface area contributed by atoms with Gasteiger partial charge >= 0.3 is 0 Å². The molecule has 1 aliphatic carbocycles. The lowest BCUT2D eigenvalue weighted by molar-refractivity contribution is -0.177. The number of hydrogen-bond donors (Lipinski definition) is 3. The monoisotopic (exact) mass is 440 g/mol. The van der Waals surface area contributed by atoms with Crippen LogP contribution in [0.5, 0.6) is 11.5 Å². The average molecular weight is 441 g/mol. The van der Waals surface area contributed by atoms with Crippen molar-refractivity contribution in [1.82, 2.24) is 4.98 Å². The van der Waals surface area contributed by atoms with Crippen LogP contribution in [0, 0.1) is 5.41 Å². The number of pyridine rings is 1. The number of benzene rings is 1. The Hall–Kier alpha value is -2.84. The molecule has 8 heteroatoms. The number of aromatic nitrogens is 1. The minimum atomic E-state index is -0.374. The summed E-state index contributed by atoms with van der Waals surface area (Å²) in [5, 5.41) is 15.4. The van der Waals surface area contributed by atoms with E-state index in [0.29, 0.717) is 37.3 Å². The second-order valence-corrected chi connectivity index (χ2v) is 8.26. The number of ether oxygens (including phenoxy) is 4. The first kappa shape index (κ1) is 22.4. The molecule has 0 radical (unpaired) electrons. The van der Waals surface area contributed by atoms with Crippen LogP contribution in [0.25, 0.3) is 0 Å². The van der Waals surface area contributed by atoms with Crippen LogP contribution in [-0.4, -0.2) is 50.0 Å². The number of anilines is 2. The van der Waals surface area contributed by atoms with Gasteiger partial charge in [0.15, 0.2) is 5.79 Å². The normalized spacial score (nSPS) is 17.8. The van der Waals surface area contributed by atoms with E-state index in [4.69, 9.17) is 24.4 Å². The molecule has 0 atom stereocenters. The fourth-order valence-corrected chi connectivity index (χ4v) is 4.48. The van der Waals surface area contributed by atoms with Crippen LogP contribution in [0.15, 0.2) is 30.5 Å². The van der Waals surface area contributed by atoms with E-state index in [1.165, 1.54) is 0 Å². The quantitative estimate of drug-likeness (QED) is 0.529. The topological polar surface area (TPSA) is 97.7 Å². The predicted molar refractivity (Wildman–Crippen MR) is 124 cm³/mol. The van der Waals surface area contributed by atoms with Gasteiger partial charge in [-0.1, -0.05) is 0 Å². The Balaban J connectivity index is 1.47. The number of nitrogens with one attached hydrogen (secondary N) is 3. The van der Waals surface area contributed by atoms with Crippen molar-refractivity contribution in [1.29, 1.82) is 5.41 Å². The maximum atomic E-state index is 8.38. The summed E-state index contributed by atoms with van der Waals surface area (Å²) in [7, 11) is 3.28. The van der Waals surface area contributed by atoms with Crippen LogP contribution in [0.4, 0.5) is 11.5 Å². The molecule has 1 saturated heterocycles. The molecule has 172 valence electrons. The van der Waals surface area contributed by atoms with E-state index < -0.39 is 0 Å². The summed E-state index contributed by atoms with van der Waals surface area (Å²) in [6.45, 7) is 3.68. The zero-order valence-corrected chi connectivity index (χ0v) is 19.0. The van der Waals surface area contributed by atoms with E-state index in [2.05, 4.69) is 15.6 Å². The molecule has 2 aromatic rings. The third-order valence-corrected chi connectivity index (χ3v) is 6.19. The van der Waals surface area contributed by atoms with Gasteiger partial charge in [-0.2, -0.15) is 0 Å². The van der Waals surface area contributed by atoms with Crippen molar-refractivity contribution in [3.63, 3.8) is 0 Å². The molecule has 32 heavy (non-hydrogen) atoms. The maximum absolute atomic E-state index is 8.38. The lowest BCUT2D eigenvalue weighted by atomic mass is 9.89. The Morgan fingerprint density at radius 2 is 1.91 bits per heavy atom. The van der Waals surface area contributed by atoms with Crippen LogP contribution in [-0.2, 0) is 16.0 Å². The first-order chi connectivity index (χ1) is 15.5. The minimum absolute atomic E-state index is 0.309. The Morgan fingerprint density at radius 3 is 2.56 bits per heavy atom. The summed E-state index contributed by atoms with van der Waals surface area (Å²) in [5.41, 5.74) is 3.15. The Kier molecular flexibility index (Phi) is 6.81.